The van der Waals surface area contributed by atoms with E-state index in [9.17, 15) is 4.79 Å². The lowest BCUT2D eigenvalue weighted by molar-refractivity contribution is 0.101. The molecule has 1 heterocycles. The Hall–Kier alpha value is -2.67. The molecular weight excluding hydrogens is 366 g/mol. The number of Topliss-reactive ketones (excluding diaryl/α,β-unsaturated/α-hetero) is 1. The lowest BCUT2D eigenvalue weighted by atomic mass is 10.2. The molecule has 0 fully saturated rings. The fraction of sp³-hybridized carbons (Fsp3) is 0.348. The Morgan fingerprint density at radius 2 is 1.24 bits per heavy atom. The highest BCUT2D eigenvalue weighted by atomic mass is 16.3. The van der Waals surface area contributed by atoms with Gasteiger partial charge in [0, 0.05) is 18.7 Å². The van der Waals surface area contributed by atoms with Crippen molar-refractivity contribution in [1.29, 1.82) is 0 Å². The van der Waals surface area contributed by atoms with E-state index in [1.165, 1.54) is 0 Å². The summed E-state index contributed by atoms with van der Waals surface area (Å²) in [5, 5.41) is 16.7. The predicted octanol–water partition coefficient (Wildman–Crippen LogP) is 3.04. The van der Waals surface area contributed by atoms with Crippen LogP contribution >= 0.6 is 0 Å². The number of aliphatic hydroxyl groups is 2. The fourth-order valence-corrected chi connectivity index (χ4v) is 2.30. The molecule has 156 valence electrons. The standard InChI is InChI=1S/C10H10N2.C8H8O.C5H13NO2/c1-7-8(2)12-10-6-4-3-5-9(10)11-7;1-7(9)8-5-3-2-4-6-8;1-6(2-4-7)3-5-8/h3-6H,1-2H3;2-6H,1H3;7-8H,2-5H2,1H3. The van der Waals surface area contributed by atoms with Crippen LogP contribution in [-0.2, 0) is 0 Å². The van der Waals surface area contributed by atoms with Crippen LogP contribution in [0.3, 0.4) is 0 Å². The fourth-order valence-electron chi connectivity index (χ4n) is 2.30. The molecule has 3 aromatic rings. The third-order valence-electron chi connectivity index (χ3n) is 4.13. The van der Waals surface area contributed by atoms with E-state index in [0.717, 1.165) is 28.0 Å². The van der Waals surface area contributed by atoms with Gasteiger partial charge in [0.15, 0.2) is 5.78 Å². The molecule has 0 radical (unpaired) electrons. The van der Waals surface area contributed by atoms with Crippen molar-refractivity contribution in [2.45, 2.75) is 20.8 Å². The number of aromatic nitrogens is 2. The van der Waals surface area contributed by atoms with Crippen molar-refractivity contribution in [2.24, 2.45) is 0 Å². The molecule has 2 N–H and O–H groups in total. The molecule has 0 saturated carbocycles. The van der Waals surface area contributed by atoms with Gasteiger partial charge in [-0.3, -0.25) is 4.79 Å². The lowest BCUT2D eigenvalue weighted by Crippen LogP contribution is -2.25. The molecular formula is C23H31N3O3. The zero-order valence-electron chi connectivity index (χ0n) is 17.7. The molecule has 0 unspecified atom stereocenters. The molecule has 0 bridgehead atoms. The van der Waals surface area contributed by atoms with Gasteiger partial charge >= 0.3 is 0 Å². The maximum absolute atomic E-state index is 10.6. The zero-order valence-corrected chi connectivity index (χ0v) is 17.7. The van der Waals surface area contributed by atoms with E-state index in [1.807, 2.05) is 80.4 Å². The number of rotatable bonds is 5. The first-order chi connectivity index (χ1) is 13.9. The van der Waals surface area contributed by atoms with Crippen LogP contribution in [0.2, 0.25) is 0 Å². The van der Waals surface area contributed by atoms with Gasteiger partial charge in [-0.05, 0) is 40.0 Å². The number of carbonyl (C=O) groups excluding carboxylic acids is 1. The van der Waals surface area contributed by atoms with E-state index in [1.54, 1.807) is 6.92 Å². The van der Waals surface area contributed by atoms with Gasteiger partial charge in [0.25, 0.3) is 0 Å². The normalized spacial score (nSPS) is 10.0. The monoisotopic (exact) mass is 397 g/mol. The Bertz CT molecular complexity index is 823. The average molecular weight is 398 g/mol. The smallest absolute Gasteiger partial charge is 0.159 e. The molecule has 2 aromatic carbocycles. The van der Waals surface area contributed by atoms with Crippen LogP contribution < -0.4 is 0 Å². The summed E-state index contributed by atoms with van der Waals surface area (Å²) < 4.78 is 0. The van der Waals surface area contributed by atoms with Crippen LogP contribution in [-0.4, -0.2) is 64.2 Å². The Labute approximate surface area is 172 Å². The summed E-state index contributed by atoms with van der Waals surface area (Å²) in [4.78, 5) is 21.3. The number of benzene rings is 2. The van der Waals surface area contributed by atoms with Gasteiger partial charge in [0.1, 0.15) is 0 Å². The second-order valence-electron chi connectivity index (χ2n) is 6.56. The van der Waals surface area contributed by atoms with Gasteiger partial charge in [0.05, 0.1) is 35.6 Å². The van der Waals surface area contributed by atoms with Crippen molar-refractivity contribution < 1.29 is 15.0 Å². The minimum absolute atomic E-state index is 0.121. The minimum atomic E-state index is 0.121. The summed E-state index contributed by atoms with van der Waals surface area (Å²) in [6.07, 6.45) is 0. The number of ketones is 1. The molecule has 0 aliphatic carbocycles. The van der Waals surface area contributed by atoms with E-state index in [0.29, 0.717) is 13.1 Å². The van der Waals surface area contributed by atoms with Crippen LogP contribution in [0.15, 0.2) is 54.6 Å². The van der Waals surface area contributed by atoms with Crippen LogP contribution in [0.1, 0.15) is 28.7 Å². The van der Waals surface area contributed by atoms with Gasteiger partial charge in [0.2, 0.25) is 0 Å². The molecule has 6 heteroatoms. The van der Waals surface area contributed by atoms with Crippen molar-refractivity contribution in [1.82, 2.24) is 14.9 Å². The molecule has 0 spiro atoms. The number of hydrogen-bond acceptors (Lipinski definition) is 6. The topological polar surface area (TPSA) is 86.6 Å². The van der Waals surface area contributed by atoms with Crippen molar-refractivity contribution in [2.75, 3.05) is 33.4 Å². The highest BCUT2D eigenvalue weighted by Gasteiger charge is 1.98. The van der Waals surface area contributed by atoms with Gasteiger partial charge in [-0.1, -0.05) is 42.5 Å². The van der Waals surface area contributed by atoms with E-state index in [2.05, 4.69) is 9.97 Å². The summed E-state index contributed by atoms with van der Waals surface area (Å²) in [5.74, 6) is 0.121. The zero-order chi connectivity index (χ0) is 21.6. The first-order valence-electron chi connectivity index (χ1n) is 9.55. The van der Waals surface area contributed by atoms with E-state index in [4.69, 9.17) is 10.2 Å². The highest BCUT2D eigenvalue weighted by molar-refractivity contribution is 5.93. The third kappa shape index (κ3) is 9.38. The largest absolute Gasteiger partial charge is 0.395 e. The Balaban J connectivity index is 0.000000224. The molecule has 0 aliphatic heterocycles. The Kier molecular flexibility index (Phi) is 11.3. The number of carbonyl (C=O) groups is 1. The molecule has 0 saturated heterocycles. The predicted molar refractivity (Wildman–Crippen MR) is 117 cm³/mol. The summed E-state index contributed by atoms with van der Waals surface area (Å²) >= 11 is 0. The van der Waals surface area contributed by atoms with Gasteiger partial charge < -0.3 is 15.1 Å². The summed E-state index contributed by atoms with van der Waals surface area (Å²) in [5.41, 5.74) is 4.74. The van der Waals surface area contributed by atoms with Gasteiger partial charge in [-0.2, -0.15) is 0 Å². The van der Waals surface area contributed by atoms with Crippen LogP contribution in [0.25, 0.3) is 11.0 Å². The van der Waals surface area contributed by atoms with Crippen LogP contribution in [0, 0.1) is 13.8 Å². The van der Waals surface area contributed by atoms with E-state index in [-0.39, 0.29) is 19.0 Å². The van der Waals surface area contributed by atoms with Crippen molar-refractivity contribution >= 4 is 16.8 Å². The average Bonchev–Trinajstić information content (AvgIpc) is 2.71. The molecule has 0 aliphatic rings. The molecule has 1 aromatic heterocycles. The second kappa shape index (κ2) is 13.5. The SMILES string of the molecule is CC(=O)c1ccccc1.CN(CCO)CCO.Cc1nc2ccccc2nc1C. The molecule has 29 heavy (non-hydrogen) atoms. The molecule has 6 nitrogen and oxygen atoms in total. The molecule has 3 rings (SSSR count). The number of aliphatic hydroxyl groups excluding tert-OH is 2. The number of nitrogens with zero attached hydrogens (tertiary/aromatic N) is 3. The highest BCUT2D eigenvalue weighted by Crippen LogP contribution is 2.10. The van der Waals surface area contributed by atoms with Crippen LogP contribution in [0.5, 0.6) is 0 Å². The van der Waals surface area contributed by atoms with Gasteiger partial charge in [-0.25, -0.2) is 9.97 Å². The lowest BCUT2D eigenvalue weighted by Gasteiger charge is -2.11. The summed E-state index contributed by atoms with van der Waals surface area (Å²) in [6.45, 7) is 7.13. The summed E-state index contributed by atoms with van der Waals surface area (Å²) in [7, 11) is 1.85. The maximum atomic E-state index is 10.6. The summed E-state index contributed by atoms with van der Waals surface area (Å²) in [6, 6.07) is 17.1. The van der Waals surface area contributed by atoms with Crippen LogP contribution in [0.4, 0.5) is 0 Å². The number of likely N-dealkylation sites (N-methyl/N-ethyl adjacent to an activating group) is 1. The number of aryl methyl sites for hydroxylation is 2. The van der Waals surface area contributed by atoms with E-state index < -0.39 is 0 Å². The minimum Gasteiger partial charge on any atom is -0.395 e. The number of para-hydroxylation sites is 2. The number of fused-ring (bicyclic) bond motifs is 1. The first kappa shape index (κ1) is 24.4. The van der Waals surface area contributed by atoms with Crippen molar-refractivity contribution in [3.63, 3.8) is 0 Å². The molecule has 0 amide bonds. The third-order valence-corrected chi connectivity index (χ3v) is 4.13. The Morgan fingerprint density at radius 3 is 1.59 bits per heavy atom. The molecule has 0 atom stereocenters. The Morgan fingerprint density at radius 1 is 0.828 bits per heavy atom. The number of hydrogen-bond donors (Lipinski definition) is 2. The van der Waals surface area contributed by atoms with Crippen molar-refractivity contribution in [3.8, 4) is 0 Å². The van der Waals surface area contributed by atoms with Crippen molar-refractivity contribution in [3.05, 3.63) is 71.5 Å². The maximum Gasteiger partial charge on any atom is 0.159 e. The first-order valence-corrected chi connectivity index (χ1v) is 9.55. The van der Waals surface area contributed by atoms with E-state index >= 15 is 0 Å². The second-order valence-corrected chi connectivity index (χ2v) is 6.56. The quantitative estimate of drug-likeness (QED) is 0.644. The van der Waals surface area contributed by atoms with Gasteiger partial charge in [-0.15, -0.1) is 0 Å².